The van der Waals surface area contributed by atoms with Gasteiger partial charge >= 0.3 is 11.9 Å². The van der Waals surface area contributed by atoms with E-state index in [1.54, 1.807) is 30.1 Å². The highest BCUT2D eigenvalue weighted by molar-refractivity contribution is 6.31. The highest BCUT2D eigenvalue weighted by atomic mass is 35.5. The molecule has 0 unspecified atom stereocenters. The Hall–Kier alpha value is -7.29. The van der Waals surface area contributed by atoms with Crippen LogP contribution in [-0.2, 0) is 15.1 Å². The van der Waals surface area contributed by atoms with E-state index in [0.29, 0.717) is 94.6 Å². The van der Waals surface area contributed by atoms with Crippen LogP contribution < -0.4 is 10.6 Å². The number of alkyl halides is 1. The second kappa shape index (κ2) is 22.6. The van der Waals surface area contributed by atoms with Crippen molar-refractivity contribution in [3.63, 3.8) is 0 Å². The Morgan fingerprint density at radius 1 is 0.616 bits per heavy atom. The zero-order valence-electron chi connectivity index (χ0n) is 41.1. The molecule has 4 aromatic carbocycles. The molecule has 0 radical (unpaired) electrons. The Labute approximate surface area is 434 Å². The zero-order chi connectivity index (χ0) is 51.1. The van der Waals surface area contributed by atoms with Gasteiger partial charge in [0.2, 0.25) is 0 Å². The molecule has 1 saturated heterocycles. The fraction of sp³-hybridized carbons (Fsp3) is 0.241. The second-order valence-corrected chi connectivity index (χ2v) is 18.6. The molecule has 0 aliphatic carbocycles. The maximum Gasteiger partial charge on any atom is 0.341 e. The van der Waals surface area contributed by atoms with E-state index in [2.05, 4.69) is 51.2 Å². The predicted molar refractivity (Wildman–Crippen MR) is 286 cm³/mol. The number of nitrogens with one attached hydrogen (secondary N) is 2. The molecule has 73 heavy (non-hydrogen) atoms. The van der Waals surface area contributed by atoms with Crippen LogP contribution in [0.1, 0.15) is 76.3 Å². The molecule has 0 saturated carbocycles. The first-order valence-corrected chi connectivity index (χ1v) is 25.2. The summed E-state index contributed by atoms with van der Waals surface area (Å²) in [5.41, 5.74) is 11.4. The minimum Gasteiger partial charge on any atom is -0.462 e. The van der Waals surface area contributed by atoms with Crippen molar-refractivity contribution in [3.05, 3.63) is 183 Å². The molecule has 0 bridgehead atoms. The molecule has 372 valence electrons. The number of hydrogen-bond acceptors (Lipinski definition) is 10. The minimum absolute atomic E-state index is 0.291. The Morgan fingerprint density at radius 2 is 1.10 bits per heavy atom. The highest BCUT2D eigenvalue weighted by Gasteiger charge is 2.33. The van der Waals surface area contributed by atoms with E-state index in [9.17, 15) is 9.59 Å². The summed E-state index contributed by atoms with van der Waals surface area (Å²) in [6, 6.07) is 39.3. The van der Waals surface area contributed by atoms with Gasteiger partial charge in [0, 0.05) is 27.7 Å². The third-order valence-electron chi connectivity index (χ3n) is 13.2. The van der Waals surface area contributed by atoms with Crippen LogP contribution in [0.4, 0.5) is 4.39 Å². The molecular formula is C58H55Cl2FN8O4. The van der Waals surface area contributed by atoms with E-state index in [1.165, 1.54) is 23.5 Å². The Bertz CT molecular complexity index is 3310. The van der Waals surface area contributed by atoms with Crippen molar-refractivity contribution < 1.29 is 23.5 Å². The standard InChI is InChI=1S/C29H28ClFN4O2.C29H27ClN4O2/c1-3-37-28(36)25-18-33-35(19(25)2)27-6-4-5-26(34-27)24-17-22(30)11-12-23(24)20-7-9-21(10-8-20)29(31)13-15-32-16-14-29;1-3-36-29(35)26-18-32-34(19(26)2)28-6-4-5-27(33-28)25-17-23(30)11-12-24(25)22-9-7-20(8-10-22)21-13-15-31-16-14-21/h4-12,17-18,32H,3,13-16H2,1-2H3;4-13,17-18,31H,3,14-16H2,1-2H3. The summed E-state index contributed by atoms with van der Waals surface area (Å²) in [5.74, 6) is 0.373. The number of rotatable bonds is 12. The fourth-order valence-corrected chi connectivity index (χ4v) is 9.60. The molecule has 2 N–H and O–H groups in total. The van der Waals surface area contributed by atoms with Crippen LogP contribution in [0.15, 0.2) is 140 Å². The molecule has 2 aliphatic heterocycles. The molecule has 12 nitrogen and oxygen atoms in total. The van der Waals surface area contributed by atoms with Gasteiger partial charge in [0.05, 0.1) is 48.4 Å². The summed E-state index contributed by atoms with van der Waals surface area (Å²) in [4.78, 5) is 34.2. The van der Waals surface area contributed by atoms with E-state index in [4.69, 9.17) is 42.6 Å². The maximum absolute atomic E-state index is 15.5. The van der Waals surface area contributed by atoms with Crippen molar-refractivity contribution in [1.82, 2.24) is 40.2 Å². The van der Waals surface area contributed by atoms with Gasteiger partial charge in [0.25, 0.3) is 0 Å². The minimum atomic E-state index is -1.30. The summed E-state index contributed by atoms with van der Waals surface area (Å²) in [6.45, 7) is 11.1. The van der Waals surface area contributed by atoms with E-state index < -0.39 is 17.6 Å². The molecule has 0 amide bonds. The van der Waals surface area contributed by atoms with Gasteiger partial charge in [0.1, 0.15) is 16.8 Å². The van der Waals surface area contributed by atoms with Crippen LogP contribution in [-0.4, -0.2) is 80.9 Å². The predicted octanol–water partition coefficient (Wildman–Crippen LogP) is 12.4. The third-order valence-corrected chi connectivity index (χ3v) is 13.6. The quantitative estimate of drug-likeness (QED) is 0.114. The lowest BCUT2D eigenvalue weighted by molar-refractivity contribution is 0.0515. The Balaban J connectivity index is 0.000000180. The first-order valence-electron chi connectivity index (χ1n) is 24.4. The molecular weight excluding hydrogens is 963 g/mol. The smallest absolute Gasteiger partial charge is 0.341 e. The van der Waals surface area contributed by atoms with E-state index in [0.717, 1.165) is 58.6 Å². The average molecular weight is 1020 g/mol. The lowest BCUT2D eigenvalue weighted by Crippen LogP contribution is -2.36. The number of aromatic nitrogens is 6. The molecule has 2 aliphatic rings. The number of carbonyl (C=O) groups is 2. The highest BCUT2D eigenvalue weighted by Crippen LogP contribution is 2.39. The number of piperidine rings is 1. The molecule has 4 aromatic heterocycles. The van der Waals surface area contributed by atoms with Gasteiger partial charge in [0.15, 0.2) is 11.6 Å². The van der Waals surface area contributed by atoms with Crippen molar-refractivity contribution >= 4 is 40.7 Å². The molecule has 8 aromatic rings. The van der Waals surface area contributed by atoms with Crippen LogP contribution in [0, 0.1) is 13.8 Å². The molecule has 6 heterocycles. The Kier molecular flexibility index (Phi) is 15.7. The molecule has 0 atom stereocenters. The normalized spacial score (nSPS) is 14.2. The number of esters is 2. The fourth-order valence-electron chi connectivity index (χ4n) is 9.25. The van der Waals surface area contributed by atoms with E-state index in [1.807, 2.05) is 104 Å². The van der Waals surface area contributed by atoms with Gasteiger partial charge in [-0.05, 0) is 154 Å². The average Bonchev–Trinajstić information content (AvgIpc) is 4.01. The van der Waals surface area contributed by atoms with Crippen molar-refractivity contribution in [2.45, 2.75) is 52.6 Å². The number of nitrogens with zero attached hydrogens (tertiary/aromatic N) is 6. The lowest BCUT2D eigenvalue weighted by atomic mass is 9.86. The summed E-state index contributed by atoms with van der Waals surface area (Å²) in [6.07, 6.45) is 7.25. The first kappa shape index (κ1) is 50.6. The second-order valence-electron chi connectivity index (χ2n) is 17.7. The van der Waals surface area contributed by atoms with Crippen LogP contribution >= 0.6 is 23.2 Å². The van der Waals surface area contributed by atoms with Gasteiger partial charge in [-0.15, -0.1) is 0 Å². The number of carbonyl (C=O) groups excluding carboxylic acids is 2. The zero-order valence-corrected chi connectivity index (χ0v) is 42.6. The monoisotopic (exact) mass is 1020 g/mol. The SMILES string of the molecule is CCOC(=O)c1cnn(-c2cccc(-c3cc(Cl)ccc3-c3ccc(C4(F)CCNCC4)cc3)n2)c1C.CCOC(=O)c1cnn(-c2cccc(-c3cc(Cl)ccc3-c3ccc(C4=CCNCC4)cc3)n2)c1C. The summed E-state index contributed by atoms with van der Waals surface area (Å²) in [7, 11) is 0. The number of halogens is 3. The molecule has 10 rings (SSSR count). The molecule has 15 heteroatoms. The number of hydrogen-bond donors (Lipinski definition) is 2. The van der Waals surface area contributed by atoms with Gasteiger partial charge in [-0.1, -0.05) is 102 Å². The molecule has 0 spiro atoms. The van der Waals surface area contributed by atoms with E-state index >= 15 is 4.39 Å². The summed E-state index contributed by atoms with van der Waals surface area (Å²) < 4.78 is 29.0. The third kappa shape index (κ3) is 11.2. The van der Waals surface area contributed by atoms with E-state index in [-0.39, 0.29) is 0 Å². The van der Waals surface area contributed by atoms with Crippen LogP contribution in [0.5, 0.6) is 0 Å². The van der Waals surface area contributed by atoms with Gasteiger partial charge in [-0.2, -0.15) is 10.2 Å². The van der Waals surface area contributed by atoms with Crippen molar-refractivity contribution in [2.75, 3.05) is 39.4 Å². The van der Waals surface area contributed by atoms with Crippen LogP contribution in [0.2, 0.25) is 10.0 Å². The summed E-state index contributed by atoms with van der Waals surface area (Å²) in [5, 5.41) is 16.6. The maximum atomic E-state index is 15.5. The number of benzene rings is 4. The topological polar surface area (TPSA) is 138 Å². The summed E-state index contributed by atoms with van der Waals surface area (Å²) >= 11 is 12.8. The lowest BCUT2D eigenvalue weighted by Gasteiger charge is -2.30. The van der Waals surface area contributed by atoms with Gasteiger partial charge in [-0.25, -0.2) is 33.3 Å². The van der Waals surface area contributed by atoms with Crippen LogP contribution in [0.25, 0.3) is 62.0 Å². The number of ether oxygens (including phenoxy) is 2. The largest absolute Gasteiger partial charge is 0.462 e. The van der Waals surface area contributed by atoms with Crippen LogP contribution in [0.3, 0.4) is 0 Å². The molecule has 1 fully saturated rings. The Morgan fingerprint density at radius 3 is 1.56 bits per heavy atom. The van der Waals surface area contributed by atoms with Crippen molar-refractivity contribution in [1.29, 1.82) is 0 Å². The van der Waals surface area contributed by atoms with Crippen molar-refractivity contribution in [2.24, 2.45) is 0 Å². The van der Waals surface area contributed by atoms with Crippen molar-refractivity contribution in [3.8, 4) is 56.4 Å². The van der Waals surface area contributed by atoms with Gasteiger partial charge in [-0.3, -0.25) is 0 Å². The first-order chi connectivity index (χ1) is 35.4. The number of pyridine rings is 2. The van der Waals surface area contributed by atoms with Gasteiger partial charge < -0.3 is 20.1 Å².